The summed E-state index contributed by atoms with van der Waals surface area (Å²) >= 11 is 0. The first-order chi connectivity index (χ1) is 40.7. The Labute approximate surface area is 476 Å². The predicted molar refractivity (Wildman–Crippen MR) is 341 cm³/mol. The van der Waals surface area contributed by atoms with Gasteiger partial charge in [-0.15, -0.1) is 0 Å². The maximum atomic E-state index is 5.16. The molecular weight excluding hydrogens is 997 g/mol. The molecule has 82 heavy (non-hydrogen) atoms. The molecular formula is C76H52N6. The molecule has 4 aromatic heterocycles. The standard InChI is InChI=1S/C76H52N6/c1-5-23-55(24-6-1)73-75(79-49-19-17-39-69(79)77-73)57-27-21-33-63(51-57)81(59-29-9-3-10-30-59)61-45-41-53(42-46-61)71-65-35-13-15-37-67(65)72(68-38-16-14-36-66(68)71)54-43-47-62(48-44-54)82(60-31-11-4-12-32-60)64-34-22-28-58(52-64)76-74(56-25-7-2-8-26-56)78-70-40-18-20-50-80(70)76/h1-52H. The van der Waals surface area contributed by atoms with E-state index in [4.69, 9.17) is 9.97 Å². The molecule has 0 aliphatic rings. The number of imidazole rings is 2. The fraction of sp³-hybridized carbons (Fsp3) is 0. The number of nitrogens with zero attached hydrogens (tertiary/aromatic N) is 6. The average molecular weight is 1050 g/mol. The van der Waals surface area contributed by atoms with Crippen LogP contribution in [0.1, 0.15) is 0 Å². The van der Waals surface area contributed by atoms with Crippen LogP contribution in [0.2, 0.25) is 0 Å². The summed E-state index contributed by atoms with van der Waals surface area (Å²) in [5.74, 6) is 0. The Bertz CT molecular complexity index is 4420. The SMILES string of the molecule is c1ccc(-c2nc3ccccn3c2-c2cccc(N(c3ccccc3)c3ccc(-c4c5ccccc5c(-c5ccc(N(c6ccccc6)c6cccc(-c7c(-c8ccccc8)nc8ccccn78)c6)cc5)c5ccccc45)cc3)c2)cc1. The van der Waals surface area contributed by atoms with Gasteiger partial charge in [-0.05, 0) is 141 Å². The van der Waals surface area contributed by atoms with Crippen LogP contribution in [-0.4, -0.2) is 18.8 Å². The van der Waals surface area contributed by atoms with Gasteiger partial charge in [-0.1, -0.05) is 206 Å². The van der Waals surface area contributed by atoms with Crippen LogP contribution < -0.4 is 9.80 Å². The molecule has 15 rings (SSSR count). The van der Waals surface area contributed by atoms with Crippen molar-refractivity contribution in [1.82, 2.24) is 18.8 Å². The lowest BCUT2D eigenvalue weighted by molar-refractivity contribution is 1.19. The molecule has 0 saturated carbocycles. The summed E-state index contributed by atoms with van der Waals surface area (Å²) in [6.45, 7) is 0. The van der Waals surface area contributed by atoms with Crippen molar-refractivity contribution in [3.05, 3.63) is 316 Å². The second kappa shape index (κ2) is 20.6. The number of anilines is 6. The van der Waals surface area contributed by atoms with E-state index < -0.39 is 0 Å². The maximum Gasteiger partial charge on any atom is 0.137 e. The molecule has 6 nitrogen and oxygen atoms in total. The second-order valence-electron chi connectivity index (χ2n) is 20.6. The molecule has 0 amide bonds. The van der Waals surface area contributed by atoms with Crippen molar-refractivity contribution >= 4 is 67.0 Å². The summed E-state index contributed by atoms with van der Waals surface area (Å²) in [6.07, 6.45) is 4.21. The van der Waals surface area contributed by atoms with Crippen LogP contribution in [-0.2, 0) is 0 Å². The van der Waals surface area contributed by atoms with Crippen molar-refractivity contribution < 1.29 is 0 Å². The lowest BCUT2D eigenvalue weighted by atomic mass is 9.86. The zero-order valence-corrected chi connectivity index (χ0v) is 44.7. The van der Waals surface area contributed by atoms with E-state index in [1.165, 1.54) is 32.7 Å². The molecule has 0 unspecified atom stereocenters. The molecule has 0 spiro atoms. The van der Waals surface area contributed by atoms with Gasteiger partial charge in [0.2, 0.25) is 0 Å². The van der Waals surface area contributed by atoms with Crippen LogP contribution in [0.25, 0.3) is 100 Å². The summed E-state index contributed by atoms with van der Waals surface area (Å²) in [4.78, 5) is 15.0. The van der Waals surface area contributed by atoms with Crippen LogP contribution in [0.5, 0.6) is 0 Å². The summed E-state index contributed by atoms with van der Waals surface area (Å²) in [5, 5.41) is 4.81. The molecule has 0 aliphatic carbocycles. The first kappa shape index (κ1) is 48.1. The minimum absolute atomic E-state index is 0.908. The van der Waals surface area contributed by atoms with Crippen LogP contribution in [0.4, 0.5) is 34.1 Å². The van der Waals surface area contributed by atoms with E-state index in [0.29, 0.717) is 0 Å². The first-order valence-electron chi connectivity index (χ1n) is 27.8. The third kappa shape index (κ3) is 8.54. The molecule has 11 aromatic carbocycles. The Morgan fingerprint density at radius 1 is 0.232 bits per heavy atom. The Morgan fingerprint density at radius 3 is 0.915 bits per heavy atom. The summed E-state index contributed by atoms with van der Waals surface area (Å²) in [7, 11) is 0. The van der Waals surface area contributed by atoms with Crippen LogP contribution in [0.3, 0.4) is 0 Å². The van der Waals surface area contributed by atoms with Crippen LogP contribution >= 0.6 is 0 Å². The van der Waals surface area contributed by atoms with Crippen molar-refractivity contribution in [2.45, 2.75) is 0 Å². The molecule has 0 saturated heterocycles. The van der Waals surface area contributed by atoms with Gasteiger partial charge in [-0.2, -0.15) is 0 Å². The van der Waals surface area contributed by atoms with E-state index in [1.807, 2.05) is 12.1 Å². The minimum atomic E-state index is 0.908. The van der Waals surface area contributed by atoms with Crippen molar-refractivity contribution in [1.29, 1.82) is 0 Å². The number of aromatic nitrogens is 4. The van der Waals surface area contributed by atoms with Gasteiger partial charge >= 0.3 is 0 Å². The normalized spacial score (nSPS) is 11.4. The Morgan fingerprint density at radius 2 is 0.537 bits per heavy atom. The van der Waals surface area contributed by atoms with Gasteiger partial charge in [0.1, 0.15) is 11.3 Å². The monoisotopic (exact) mass is 1050 g/mol. The molecule has 0 N–H and O–H groups in total. The van der Waals surface area contributed by atoms with Crippen LogP contribution in [0, 0.1) is 0 Å². The topological polar surface area (TPSA) is 41.1 Å². The number of para-hydroxylation sites is 2. The van der Waals surface area contributed by atoms with E-state index >= 15 is 0 Å². The van der Waals surface area contributed by atoms with E-state index in [1.54, 1.807) is 0 Å². The number of fused-ring (bicyclic) bond motifs is 4. The molecule has 4 heterocycles. The molecule has 6 heteroatoms. The highest BCUT2D eigenvalue weighted by Gasteiger charge is 2.23. The third-order valence-corrected chi connectivity index (χ3v) is 15.7. The molecule has 0 atom stereocenters. The van der Waals surface area contributed by atoms with Gasteiger partial charge in [0.05, 0.1) is 22.8 Å². The molecule has 15 aromatic rings. The van der Waals surface area contributed by atoms with Gasteiger partial charge in [0.25, 0.3) is 0 Å². The molecule has 386 valence electrons. The smallest absolute Gasteiger partial charge is 0.137 e. The van der Waals surface area contributed by atoms with Crippen molar-refractivity contribution in [2.24, 2.45) is 0 Å². The Balaban J connectivity index is 0.808. The fourth-order valence-electron chi connectivity index (χ4n) is 12.1. The van der Waals surface area contributed by atoms with Gasteiger partial charge in [-0.25, -0.2) is 9.97 Å². The van der Waals surface area contributed by atoms with Crippen molar-refractivity contribution in [2.75, 3.05) is 9.80 Å². The number of benzene rings is 11. The zero-order chi connectivity index (χ0) is 54.3. The highest BCUT2D eigenvalue weighted by atomic mass is 15.1. The van der Waals surface area contributed by atoms with Gasteiger partial charge in [0, 0.05) is 68.8 Å². The quantitative estimate of drug-likeness (QED) is 0.114. The number of hydrogen-bond acceptors (Lipinski definition) is 4. The number of hydrogen-bond donors (Lipinski definition) is 0. The summed E-state index contributed by atoms with van der Waals surface area (Å²) < 4.78 is 4.40. The molecule has 0 fully saturated rings. The van der Waals surface area contributed by atoms with Gasteiger partial charge in [0.15, 0.2) is 0 Å². The summed E-state index contributed by atoms with van der Waals surface area (Å²) in [5.41, 5.74) is 21.2. The van der Waals surface area contributed by atoms with Crippen molar-refractivity contribution in [3.63, 3.8) is 0 Å². The van der Waals surface area contributed by atoms with Gasteiger partial charge < -0.3 is 9.80 Å². The second-order valence-corrected chi connectivity index (χ2v) is 20.6. The van der Waals surface area contributed by atoms with Crippen molar-refractivity contribution in [3.8, 4) is 67.3 Å². The highest BCUT2D eigenvalue weighted by Crippen LogP contribution is 2.47. The van der Waals surface area contributed by atoms with E-state index in [9.17, 15) is 0 Å². The predicted octanol–water partition coefficient (Wildman–Crippen LogP) is 20.2. The highest BCUT2D eigenvalue weighted by molar-refractivity contribution is 6.21. The average Bonchev–Trinajstić information content (AvgIpc) is 3.85. The largest absolute Gasteiger partial charge is 0.310 e. The summed E-state index contributed by atoms with van der Waals surface area (Å²) in [6, 6.07) is 108. The lowest BCUT2D eigenvalue weighted by Gasteiger charge is -2.27. The minimum Gasteiger partial charge on any atom is -0.310 e. The number of rotatable bonds is 12. The maximum absolute atomic E-state index is 5.16. The third-order valence-electron chi connectivity index (χ3n) is 15.7. The fourth-order valence-corrected chi connectivity index (χ4v) is 12.1. The van der Waals surface area contributed by atoms with E-state index in [2.05, 4.69) is 322 Å². The van der Waals surface area contributed by atoms with Gasteiger partial charge in [-0.3, -0.25) is 8.80 Å². The van der Waals surface area contributed by atoms with E-state index in [-0.39, 0.29) is 0 Å². The Kier molecular flexibility index (Phi) is 12.1. The van der Waals surface area contributed by atoms with E-state index in [0.717, 1.165) is 102 Å². The lowest BCUT2D eigenvalue weighted by Crippen LogP contribution is -2.10. The first-order valence-corrected chi connectivity index (χ1v) is 27.8. The molecule has 0 aliphatic heterocycles. The van der Waals surface area contributed by atoms with Crippen LogP contribution in [0.15, 0.2) is 316 Å². The number of pyridine rings is 2. The zero-order valence-electron chi connectivity index (χ0n) is 44.7. The molecule has 0 radical (unpaired) electrons. The molecule has 0 bridgehead atoms. The Hall–Kier alpha value is -11.1.